The van der Waals surface area contributed by atoms with Crippen LogP contribution in [0.3, 0.4) is 0 Å². The lowest BCUT2D eigenvalue weighted by atomic mass is 9.88. The third-order valence-corrected chi connectivity index (χ3v) is 6.04. The first-order valence-corrected chi connectivity index (χ1v) is 11.6. The molecule has 0 aliphatic carbocycles. The maximum Gasteiger partial charge on any atom is 0.303 e. The molecule has 2 rings (SSSR count). The molecule has 0 aromatic rings. The van der Waals surface area contributed by atoms with Crippen LogP contribution in [0.2, 0.25) is 0 Å². The molecule has 2 aliphatic heterocycles. The normalized spacial score (nSPS) is 29.2. The van der Waals surface area contributed by atoms with Gasteiger partial charge in [-0.25, -0.2) is 0 Å². The quantitative estimate of drug-likeness (QED) is 0.369. The van der Waals surface area contributed by atoms with Crippen LogP contribution < -0.4 is 0 Å². The van der Waals surface area contributed by atoms with Gasteiger partial charge in [0.25, 0.3) is 0 Å². The van der Waals surface area contributed by atoms with Gasteiger partial charge in [0.1, 0.15) is 18.3 Å². The Labute approximate surface area is 186 Å². The highest BCUT2D eigenvalue weighted by Crippen LogP contribution is 2.34. The van der Waals surface area contributed by atoms with Crippen LogP contribution in [0.25, 0.3) is 0 Å². The molecule has 4 atom stereocenters. The molecule has 0 amide bonds. The second kappa shape index (κ2) is 13.2. The van der Waals surface area contributed by atoms with Crippen molar-refractivity contribution in [2.45, 2.75) is 97.1 Å². The van der Waals surface area contributed by atoms with Crippen LogP contribution in [-0.4, -0.2) is 56.4 Å². The van der Waals surface area contributed by atoms with Gasteiger partial charge in [-0.1, -0.05) is 13.3 Å². The summed E-state index contributed by atoms with van der Waals surface area (Å²) in [5.41, 5.74) is 0.520. The van der Waals surface area contributed by atoms with Crippen LogP contribution in [0.4, 0.5) is 0 Å². The number of carbonyl (C=O) groups is 2. The average molecular weight is 441 g/mol. The van der Waals surface area contributed by atoms with Crippen LogP contribution in [-0.2, 0) is 33.3 Å². The third-order valence-electron chi connectivity index (χ3n) is 6.04. The molecule has 7 heteroatoms. The molecule has 0 bridgehead atoms. The van der Waals surface area contributed by atoms with Crippen molar-refractivity contribution in [3.8, 4) is 0 Å². The standard InChI is InChI=1S/C24H40O7/c1-18(16-29-23-9-5-6-14-28-23)8-7-13-24(4)22(31-20(3)26)11-10-21(17-30-24)12-15-27-19(2)25/h12,18,22-23H,5-11,13-17H2,1-4H3/t18?,22-,23?,24-/m0/s1. The SMILES string of the molecule is CC(=O)OCC=C1CC[C@H](OC(C)=O)[C@](C)(CCCC(C)COC2CCCCO2)OC1. The maximum absolute atomic E-state index is 11.7. The number of hydrogen-bond donors (Lipinski definition) is 0. The minimum atomic E-state index is -0.546. The van der Waals surface area contributed by atoms with Crippen LogP contribution in [0.1, 0.15) is 79.1 Å². The second-order valence-electron chi connectivity index (χ2n) is 9.03. The molecule has 7 nitrogen and oxygen atoms in total. The average Bonchev–Trinajstić information content (AvgIpc) is 2.87. The molecule has 2 fully saturated rings. The first kappa shape index (κ1) is 25.8. The molecule has 2 heterocycles. The van der Waals surface area contributed by atoms with Crippen LogP contribution >= 0.6 is 0 Å². The molecule has 0 saturated carbocycles. The third kappa shape index (κ3) is 9.71. The summed E-state index contributed by atoms with van der Waals surface area (Å²) in [6, 6.07) is 0. The Morgan fingerprint density at radius 2 is 2.03 bits per heavy atom. The number of rotatable bonds is 10. The van der Waals surface area contributed by atoms with Gasteiger partial charge in [0.15, 0.2) is 6.29 Å². The highest BCUT2D eigenvalue weighted by Gasteiger charge is 2.39. The summed E-state index contributed by atoms with van der Waals surface area (Å²) in [6.07, 6.45) is 9.02. The summed E-state index contributed by atoms with van der Waals surface area (Å²) in [7, 11) is 0. The van der Waals surface area contributed by atoms with Gasteiger partial charge in [-0.05, 0) is 69.4 Å². The molecule has 0 aromatic carbocycles. The first-order chi connectivity index (χ1) is 14.8. The highest BCUT2D eigenvalue weighted by molar-refractivity contribution is 5.66. The maximum atomic E-state index is 11.7. The van der Waals surface area contributed by atoms with E-state index in [1.807, 2.05) is 13.0 Å². The van der Waals surface area contributed by atoms with Crippen molar-refractivity contribution in [3.63, 3.8) is 0 Å². The lowest BCUT2D eigenvalue weighted by Gasteiger charge is -2.35. The Balaban J connectivity index is 1.84. The van der Waals surface area contributed by atoms with Crippen molar-refractivity contribution in [2.24, 2.45) is 5.92 Å². The highest BCUT2D eigenvalue weighted by atomic mass is 16.7. The van der Waals surface area contributed by atoms with Gasteiger partial charge < -0.3 is 23.7 Å². The molecule has 0 radical (unpaired) electrons. The fraction of sp³-hybridized carbons (Fsp3) is 0.833. The van der Waals surface area contributed by atoms with E-state index in [0.29, 0.717) is 25.6 Å². The predicted octanol–water partition coefficient (Wildman–Crippen LogP) is 4.33. The van der Waals surface area contributed by atoms with E-state index in [4.69, 9.17) is 23.7 Å². The van der Waals surface area contributed by atoms with Gasteiger partial charge >= 0.3 is 11.9 Å². The molecule has 0 spiro atoms. The molecule has 0 aromatic heterocycles. The van der Waals surface area contributed by atoms with Gasteiger partial charge in [-0.2, -0.15) is 0 Å². The molecule has 178 valence electrons. The summed E-state index contributed by atoms with van der Waals surface area (Å²) >= 11 is 0. The van der Waals surface area contributed by atoms with Gasteiger partial charge in [0.2, 0.25) is 0 Å². The Hall–Kier alpha value is -1.44. The van der Waals surface area contributed by atoms with Gasteiger partial charge in [-0.3, -0.25) is 9.59 Å². The van der Waals surface area contributed by atoms with Gasteiger partial charge in [0.05, 0.1) is 13.2 Å². The largest absolute Gasteiger partial charge is 0.462 e. The zero-order valence-electron chi connectivity index (χ0n) is 19.7. The second-order valence-corrected chi connectivity index (χ2v) is 9.03. The minimum absolute atomic E-state index is 0.0514. The minimum Gasteiger partial charge on any atom is -0.462 e. The van der Waals surface area contributed by atoms with Crippen LogP contribution in [0.15, 0.2) is 11.6 Å². The van der Waals surface area contributed by atoms with Gasteiger partial charge in [-0.15, -0.1) is 0 Å². The summed E-state index contributed by atoms with van der Waals surface area (Å²) in [5.74, 6) is -0.171. The number of hydrogen-bond acceptors (Lipinski definition) is 7. The van der Waals surface area contributed by atoms with E-state index >= 15 is 0 Å². The Morgan fingerprint density at radius 1 is 1.23 bits per heavy atom. The van der Waals surface area contributed by atoms with E-state index in [1.165, 1.54) is 20.3 Å². The monoisotopic (exact) mass is 440 g/mol. The predicted molar refractivity (Wildman–Crippen MR) is 116 cm³/mol. The zero-order chi connectivity index (χ0) is 22.7. The summed E-state index contributed by atoms with van der Waals surface area (Å²) in [4.78, 5) is 22.7. The number of esters is 2. The fourth-order valence-electron chi connectivity index (χ4n) is 4.10. The van der Waals surface area contributed by atoms with E-state index < -0.39 is 5.60 Å². The topological polar surface area (TPSA) is 80.3 Å². The molecule has 31 heavy (non-hydrogen) atoms. The number of ether oxygens (including phenoxy) is 5. The summed E-state index contributed by atoms with van der Waals surface area (Å²) in [5, 5.41) is 0. The van der Waals surface area contributed by atoms with Crippen molar-refractivity contribution < 1.29 is 33.3 Å². The Kier molecular flexibility index (Phi) is 11.0. The summed E-state index contributed by atoms with van der Waals surface area (Å²) in [6.45, 7) is 9.24. The van der Waals surface area contributed by atoms with Crippen molar-refractivity contribution >= 4 is 11.9 Å². The smallest absolute Gasteiger partial charge is 0.303 e. The molecule has 0 N–H and O–H groups in total. The molecular formula is C24H40O7. The van der Waals surface area contributed by atoms with Crippen molar-refractivity contribution in [1.82, 2.24) is 0 Å². The molecule has 2 aliphatic rings. The van der Waals surface area contributed by atoms with E-state index in [1.54, 1.807) is 0 Å². The van der Waals surface area contributed by atoms with Crippen molar-refractivity contribution in [3.05, 3.63) is 11.6 Å². The lowest BCUT2D eigenvalue weighted by Crippen LogP contribution is -2.43. The summed E-state index contributed by atoms with van der Waals surface area (Å²) < 4.78 is 28.5. The number of carbonyl (C=O) groups excluding carboxylic acids is 2. The van der Waals surface area contributed by atoms with Crippen LogP contribution in [0, 0.1) is 5.92 Å². The molecule has 2 saturated heterocycles. The zero-order valence-corrected chi connectivity index (χ0v) is 19.7. The molecule has 2 unspecified atom stereocenters. The van der Waals surface area contributed by atoms with E-state index in [0.717, 1.165) is 50.7 Å². The van der Waals surface area contributed by atoms with Gasteiger partial charge in [0, 0.05) is 20.5 Å². The first-order valence-electron chi connectivity index (χ1n) is 11.6. The van der Waals surface area contributed by atoms with E-state index in [-0.39, 0.29) is 30.9 Å². The Morgan fingerprint density at radius 3 is 2.71 bits per heavy atom. The van der Waals surface area contributed by atoms with Crippen LogP contribution in [0.5, 0.6) is 0 Å². The fourth-order valence-corrected chi connectivity index (χ4v) is 4.10. The van der Waals surface area contributed by atoms with Crippen molar-refractivity contribution in [2.75, 3.05) is 26.4 Å². The molecular weight excluding hydrogens is 400 g/mol. The van der Waals surface area contributed by atoms with E-state index in [9.17, 15) is 9.59 Å². The Bertz CT molecular complexity index is 597. The van der Waals surface area contributed by atoms with E-state index in [2.05, 4.69) is 6.92 Å². The lowest BCUT2D eigenvalue weighted by molar-refractivity contribution is -0.170. The van der Waals surface area contributed by atoms with Crippen molar-refractivity contribution in [1.29, 1.82) is 0 Å².